The lowest BCUT2D eigenvalue weighted by Gasteiger charge is -2.27. The van der Waals surface area contributed by atoms with Crippen molar-refractivity contribution in [2.24, 2.45) is 16.6 Å². The third-order valence-electron chi connectivity index (χ3n) is 2.56. The molecule has 0 amide bonds. The van der Waals surface area contributed by atoms with Crippen molar-refractivity contribution in [1.82, 2.24) is 4.90 Å². The molecule has 7 heteroatoms. The number of aliphatic hydroxyl groups is 1. The van der Waals surface area contributed by atoms with Gasteiger partial charge in [0.25, 0.3) is 0 Å². The lowest BCUT2D eigenvalue weighted by atomic mass is 10.2. The van der Waals surface area contributed by atoms with E-state index in [1.54, 1.807) is 0 Å². The Morgan fingerprint density at radius 1 is 1.37 bits per heavy atom. The van der Waals surface area contributed by atoms with Crippen molar-refractivity contribution in [3.05, 3.63) is 0 Å². The summed E-state index contributed by atoms with van der Waals surface area (Å²) in [6, 6.07) is 0. The van der Waals surface area contributed by atoms with Crippen molar-refractivity contribution >= 4 is 29.9 Å². The van der Waals surface area contributed by atoms with Crippen LogP contribution in [0.3, 0.4) is 0 Å². The highest BCUT2D eigenvalue weighted by atomic mass is 127. The monoisotopic (exact) mass is 387 g/mol. The predicted molar refractivity (Wildman–Crippen MR) is 86.0 cm³/mol. The first-order chi connectivity index (χ1) is 8.59. The van der Waals surface area contributed by atoms with Gasteiger partial charge in [-0.05, 0) is 5.92 Å². The fraction of sp³-hybridized carbons (Fsp3) is 0.917. The third kappa shape index (κ3) is 8.61. The maximum Gasteiger partial charge on any atom is 0.191 e. The van der Waals surface area contributed by atoms with E-state index in [1.165, 1.54) is 0 Å². The molecule has 0 radical (unpaired) electrons. The molecule has 0 bridgehead atoms. The van der Waals surface area contributed by atoms with Crippen LogP contribution in [-0.2, 0) is 9.47 Å². The van der Waals surface area contributed by atoms with Crippen LogP contribution in [0, 0.1) is 5.92 Å². The van der Waals surface area contributed by atoms with Crippen molar-refractivity contribution in [3.63, 3.8) is 0 Å². The minimum Gasteiger partial charge on any atom is -0.389 e. The van der Waals surface area contributed by atoms with Crippen molar-refractivity contribution in [2.75, 3.05) is 46.1 Å². The van der Waals surface area contributed by atoms with Gasteiger partial charge in [0.1, 0.15) is 0 Å². The number of hydrogen-bond acceptors (Lipinski definition) is 4. The van der Waals surface area contributed by atoms with Gasteiger partial charge in [-0.3, -0.25) is 4.99 Å². The summed E-state index contributed by atoms with van der Waals surface area (Å²) in [4.78, 5) is 6.14. The van der Waals surface area contributed by atoms with Crippen molar-refractivity contribution in [2.45, 2.75) is 20.0 Å². The van der Waals surface area contributed by atoms with E-state index < -0.39 is 6.10 Å². The Bertz CT molecular complexity index is 259. The lowest BCUT2D eigenvalue weighted by Crippen LogP contribution is -2.45. The molecule has 1 atom stereocenters. The predicted octanol–water partition coefficient (Wildman–Crippen LogP) is 0.285. The minimum atomic E-state index is -0.594. The standard InChI is InChI=1S/C12H25N3O3.HI/c1-10(2)8-18-9-11(16)7-14-12(13)15-3-5-17-6-4-15;/h10-11,16H,3-9H2,1-2H3,(H2,13,14);1H. The molecule has 0 spiro atoms. The fourth-order valence-corrected chi connectivity index (χ4v) is 1.58. The quantitative estimate of drug-likeness (QED) is 0.389. The number of nitrogens with two attached hydrogens (primary N) is 1. The Labute approximate surface area is 132 Å². The summed E-state index contributed by atoms with van der Waals surface area (Å²) in [7, 11) is 0. The summed E-state index contributed by atoms with van der Waals surface area (Å²) < 4.78 is 10.6. The molecule has 0 aliphatic carbocycles. The highest BCUT2D eigenvalue weighted by Crippen LogP contribution is 1.98. The Morgan fingerprint density at radius 2 is 2.00 bits per heavy atom. The molecule has 1 heterocycles. The van der Waals surface area contributed by atoms with Gasteiger partial charge in [-0.15, -0.1) is 24.0 Å². The molecule has 1 aliphatic rings. The summed E-state index contributed by atoms with van der Waals surface area (Å²) in [5, 5.41) is 9.68. The first-order valence-corrected chi connectivity index (χ1v) is 6.48. The number of guanidine groups is 1. The molecule has 3 N–H and O–H groups in total. The van der Waals surface area contributed by atoms with Gasteiger partial charge in [0.15, 0.2) is 5.96 Å². The van der Waals surface area contributed by atoms with Crippen molar-refractivity contribution < 1.29 is 14.6 Å². The van der Waals surface area contributed by atoms with Gasteiger partial charge in [0.2, 0.25) is 0 Å². The number of aliphatic imine (C=N–C) groups is 1. The maximum absolute atomic E-state index is 9.68. The number of morpholine rings is 1. The summed E-state index contributed by atoms with van der Waals surface area (Å²) in [5.74, 6) is 0.945. The Morgan fingerprint density at radius 3 is 2.58 bits per heavy atom. The molecule has 1 fully saturated rings. The molecule has 0 aromatic heterocycles. The summed E-state index contributed by atoms with van der Waals surface area (Å²) in [5.41, 5.74) is 5.84. The van der Waals surface area contributed by atoms with Crippen LogP contribution in [0.1, 0.15) is 13.8 Å². The minimum absolute atomic E-state index is 0. The van der Waals surface area contributed by atoms with E-state index in [2.05, 4.69) is 18.8 Å². The van der Waals surface area contributed by atoms with Gasteiger partial charge in [0.05, 0.1) is 32.5 Å². The molecule has 19 heavy (non-hydrogen) atoms. The smallest absolute Gasteiger partial charge is 0.191 e. The van der Waals surface area contributed by atoms with E-state index in [1.807, 2.05) is 4.90 Å². The van der Waals surface area contributed by atoms with Crippen LogP contribution in [0.2, 0.25) is 0 Å². The van der Waals surface area contributed by atoms with Gasteiger partial charge in [-0.25, -0.2) is 0 Å². The number of rotatable bonds is 6. The molecule has 1 aliphatic heterocycles. The van der Waals surface area contributed by atoms with Crippen molar-refractivity contribution in [3.8, 4) is 0 Å². The molecule has 0 aromatic rings. The summed E-state index contributed by atoms with van der Waals surface area (Å²) in [6.45, 7) is 8.25. The van der Waals surface area contributed by atoms with Crippen LogP contribution in [0.5, 0.6) is 0 Å². The topological polar surface area (TPSA) is 80.3 Å². The number of halogens is 1. The summed E-state index contributed by atoms with van der Waals surface area (Å²) in [6.07, 6.45) is -0.594. The van der Waals surface area contributed by atoms with Crippen LogP contribution in [0.4, 0.5) is 0 Å². The first-order valence-electron chi connectivity index (χ1n) is 6.48. The highest BCUT2D eigenvalue weighted by molar-refractivity contribution is 14.0. The van der Waals surface area contributed by atoms with E-state index in [-0.39, 0.29) is 30.5 Å². The van der Waals surface area contributed by atoms with E-state index >= 15 is 0 Å². The molecule has 1 unspecified atom stereocenters. The number of aliphatic hydroxyl groups excluding tert-OH is 1. The van der Waals surface area contributed by atoms with E-state index in [9.17, 15) is 5.11 Å². The third-order valence-corrected chi connectivity index (χ3v) is 2.56. The molecule has 114 valence electrons. The molecular formula is C12H26IN3O3. The van der Waals surface area contributed by atoms with Crippen LogP contribution < -0.4 is 5.73 Å². The Balaban J connectivity index is 0.00000324. The van der Waals surface area contributed by atoms with E-state index in [0.29, 0.717) is 38.3 Å². The van der Waals surface area contributed by atoms with Crippen LogP contribution in [0.15, 0.2) is 4.99 Å². The molecule has 0 aromatic carbocycles. The molecule has 1 saturated heterocycles. The van der Waals surface area contributed by atoms with Crippen LogP contribution >= 0.6 is 24.0 Å². The zero-order valence-corrected chi connectivity index (χ0v) is 14.1. The second-order valence-corrected chi connectivity index (χ2v) is 4.88. The summed E-state index contributed by atoms with van der Waals surface area (Å²) >= 11 is 0. The van der Waals surface area contributed by atoms with Gasteiger partial charge in [0, 0.05) is 19.7 Å². The Hall–Kier alpha value is -0.120. The normalized spacial score (nSPS) is 18.3. The second kappa shape index (κ2) is 10.6. The SMILES string of the molecule is CC(C)COCC(O)CN=C(N)N1CCOCC1.I. The molecular weight excluding hydrogens is 361 g/mol. The molecule has 1 rings (SSSR count). The van der Waals surface area contributed by atoms with E-state index in [0.717, 1.165) is 13.1 Å². The van der Waals surface area contributed by atoms with Crippen molar-refractivity contribution in [1.29, 1.82) is 0 Å². The Kier molecular flexibility index (Phi) is 10.6. The molecule has 6 nitrogen and oxygen atoms in total. The highest BCUT2D eigenvalue weighted by Gasteiger charge is 2.12. The lowest BCUT2D eigenvalue weighted by molar-refractivity contribution is 0.0298. The largest absolute Gasteiger partial charge is 0.389 e. The molecule has 0 saturated carbocycles. The van der Waals surface area contributed by atoms with E-state index in [4.69, 9.17) is 15.2 Å². The average molecular weight is 387 g/mol. The zero-order valence-electron chi connectivity index (χ0n) is 11.7. The zero-order chi connectivity index (χ0) is 13.4. The number of hydrogen-bond donors (Lipinski definition) is 2. The van der Waals surface area contributed by atoms with Crippen LogP contribution in [-0.4, -0.2) is 68.1 Å². The van der Waals surface area contributed by atoms with Gasteiger partial charge in [-0.1, -0.05) is 13.8 Å². The average Bonchev–Trinajstić information content (AvgIpc) is 2.36. The second-order valence-electron chi connectivity index (χ2n) is 4.88. The van der Waals surface area contributed by atoms with Gasteiger partial charge < -0.3 is 25.2 Å². The number of ether oxygens (including phenoxy) is 2. The maximum atomic E-state index is 9.68. The van der Waals surface area contributed by atoms with Gasteiger partial charge in [-0.2, -0.15) is 0 Å². The number of nitrogens with zero attached hydrogens (tertiary/aromatic N) is 2. The van der Waals surface area contributed by atoms with Gasteiger partial charge >= 0.3 is 0 Å². The fourth-order valence-electron chi connectivity index (χ4n) is 1.58. The first kappa shape index (κ1) is 18.9. The van der Waals surface area contributed by atoms with Crippen LogP contribution in [0.25, 0.3) is 0 Å².